The lowest BCUT2D eigenvalue weighted by Crippen LogP contribution is -1.96. The molecular weight excluding hydrogens is 677 g/mol. The van der Waals surface area contributed by atoms with Crippen LogP contribution < -0.4 is 0 Å². The Hall–Kier alpha value is -7.42. The Morgan fingerprint density at radius 3 is 1.25 bits per heavy atom. The Labute approximate surface area is 323 Å². The lowest BCUT2D eigenvalue weighted by Gasteiger charge is -2.13. The van der Waals surface area contributed by atoms with Crippen molar-refractivity contribution in [2.24, 2.45) is 0 Å². The average Bonchev–Trinajstić information content (AvgIpc) is 3.75. The standard InChI is InChI=1S/C54H34N2/c1-2-16-38-32-52-48(31-37(38)15-1)50-34-53-49(33-54(50)56(52)42-22-10-20-40(30-42)46-27-12-18-36-14-4-6-24-44(36)46)47-25-7-8-28-51(47)55(53)41-21-9-19-39(29-41)45-26-11-17-35-13-3-5-23-43(35)45/h1-34H. The van der Waals surface area contributed by atoms with E-state index < -0.39 is 0 Å². The summed E-state index contributed by atoms with van der Waals surface area (Å²) in [5.41, 5.74) is 12.0. The van der Waals surface area contributed by atoms with Gasteiger partial charge < -0.3 is 9.13 Å². The summed E-state index contributed by atoms with van der Waals surface area (Å²) in [5, 5.41) is 12.5. The van der Waals surface area contributed by atoms with E-state index in [1.54, 1.807) is 0 Å². The molecule has 0 spiro atoms. The fraction of sp³-hybridized carbons (Fsp3) is 0. The van der Waals surface area contributed by atoms with E-state index in [9.17, 15) is 0 Å². The second kappa shape index (κ2) is 12.0. The van der Waals surface area contributed by atoms with E-state index in [-0.39, 0.29) is 0 Å². The van der Waals surface area contributed by atoms with E-state index >= 15 is 0 Å². The molecule has 0 fully saturated rings. The van der Waals surface area contributed by atoms with Crippen LogP contribution in [-0.2, 0) is 0 Å². The van der Waals surface area contributed by atoms with Gasteiger partial charge in [0, 0.05) is 32.9 Å². The SMILES string of the molecule is c1cc(-c2cccc3ccccc23)cc(-n2c3ccccc3c3cc4c(cc32)c2cc3ccccc3cc2n4-c2cccc(-c3cccc4ccccc34)c2)c1. The van der Waals surface area contributed by atoms with Crippen molar-refractivity contribution in [2.45, 2.75) is 0 Å². The number of nitrogens with zero attached hydrogens (tertiary/aromatic N) is 2. The smallest absolute Gasteiger partial charge is 0.0548 e. The molecule has 0 aliphatic rings. The molecule has 12 aromatic rings. The van der Waals surface area contributed by atoms with Crippen molar-refractivity contribution in [1.82, 2.24) is 9.13 Å². The molecule has 0 saturated heterocycles. The quantitative estimate of drug-likeness (QED) is 0.172. The van der Waals surface area contributed by atoms with Crippen LogP contribution in [0, 0.1) is 0 Å². The van der Waals surface area contributed by atoms with Crippen LogP contribution in [0.1, 0.15) is 0 Å². The Morgan fingerprint density at radius 1 is 0.232 bits per heavy atom. The highest BCUT2D eigenvalue weighted by Crippen LogP contribution is 2.42. The van der Waals surface area contributed by atoms with Crippen LogP contribution in [0.25, 0.3) is 110 Å². The summed E-state index contributed by atoms with van der Waals surface area (Å²) in [6, 6.07) is 75.9. The maximum atomic E-state index is 2.48. The molecule has 260 valence electrons. The fourth-order valence-corrected chi connectivity index (χ4v) is 9.30. The van der Waals surface area contributed by atoms with Gasteiger partial charge in [0.05, 0.1) is 22.1 Å². The first kappa shape index (κ1) is 31.0. The maximum Gasteiger partial charge on any atom is 0.0548 e. The molecule has 2 heterocycles. The first-order valence-electron chi connectivity index (χ1n) is 19.3. The summed E-state index contributed by atoms with van der Waals surface area (Å²) in [5.74, 6) is 0. The Kier molecular flexibility index (Phi) is 6.66. The number of fused-ring (bicyclic) bond motifs is 9. The molecule has 0 radical (unpaired) electrons. The van der Waals surface area contributed by atoms with Crippen molar-refractivity contribution in [1.29, 1.82) is 0 Å². The monoisotopic (exact) mass is 710 g/mol. The third kappa shape index (κ3) is 4.63. The van der Waals surface area contributed by atoms with E-state index in [2.05, 4.69) is 215 Å². The summed E-state index contributed by atoms with van der Waals surface area (Å²) in [4.78, 5) is 0. The first-order valence-corrected chi connectivity index (χ1v) is 19.3. The minimum atomic E-state index is 1.15. The summed E-state index contributed by atoms with van der Waals surface area (Å²) >= 11 is 0. The Balaban J connectivity index is 1.14. The highest BCUT2D eigenvalue weighted by molar-refractivity contribution is 6.20. The molecule has 0 unspecified atom stereocenters. The topological polar surface area (TPSA) is 9.86 Å². The minimum Gasteiger partial charge on any atom is -0.309 e. The second-order valence-electron chi connectivity index (χ2n) is 14.9. The predicted molar refractivity (Wildman–Crippen MR) is 239 cm³/mol. The summed E-state index contributed by atoms with van der Waals surface area (Å²) in [7, 11) is 0. The largest absolute Gasteiger partial charge is 0.309 e. The lowest BCUT2D eigenvalue weighted by molar-refractivity contribution is 1.18. The number of hydrogen-bond donors (Lipinski definition) is 0. The van der Waals surface area contributed by atoms with Crippen molar-refractivity contribution in [3.05, 3.63) is 206 Å². The zero-order chi connectivity index (χ0) is 36.7. The van der Waals surface area contributed by atoms with E-state index in [0.717, 1.165) is 11.4 Å². The zero-order valence-corrected chi connectivity index (χ0v) is 30.5. The van der Waals surface area contributed by atoms with Gasteiger partial charge in [0.15, 0.2) is 0 Å². The first-order chi connectivity index (χ1) is 27.8. The van der Waals surface area contributed by atoms with Crippen LogP contribution in [0.2, 0.25) is 0 Å². The molecule has 2 nitrogen and oxygen atoms in total. The number of para-hydroxylation sites is 1. The van der Waals surface area contributed by atoms with Crippen LogP contribution in [0.5, 0.6) is 0 Å². The summed E-state index contributed by atoms with van der Waals surface area (Å²) in [6.07, 6.45) is 0. The van der Waals surface area contributed by atoms with E-state index in [1.165, 1.54) is 98.2 Å². The van der Waals surface area contributed by atoms with Gasteiger partial charge in [-0.05, 0) is 109 Å². The van der Waals surface area contributed by atoms with Gasteiger partial charge in [-0.1, -0.05) is 152 Å². The van der Waals surface area contributed by atoms with Crippen molar-refractivity contribution in [3.63, 3.8) is 0 Å². The molecule has 2 aromatic heterocycles. The number of hydrogen-bond acceptors (Lipinski definition) is 0. The van der Waals surface area contributed by atoms with Gasteiger partial charge in [0.2, 0.25) is 0 Å². The third-order valence-corrected chi connectivity index (χ3v) is 11.8. The molecule has 0 atom stereocenters. The number of rotatable bonds is 4. The molecular formula is C54H34N2. The van der Waals surface area contributed by atoms with Gasteiger partial charge in [0.25, 0.3) is 0 Å². The van der Waals surface area contributed by atoms with Gasteiger partial charge in [-0.3, -0.25) is 0 Å². The maximum absolute atomic E-state index is 2.48. The molecule has 0 saturated carbocycles. The van der Waals surface area contributed by atoms with Gasteiger partial charge >= 0.3 is 0 Å². The van der Waals surface area contributed by atoms with Crippen molar-refractivity contribution < 1.29 is 0 Å². The Bertz CT molecular complexity index is 3530. The predicted octanol–water partition coefficient (Wildman–Crippen LogP) is 14.7. The number of aromatic nitrogens is 2. The summed E-state index contributed by atoms with van der Waals surface area (Å²) < 4.78 is 4.95. The van der Waals surface area contributed by atoms with Crippen molar-refractivity contribution in [2.75, 3.05) is 0 Å². The molecule has 0 aliphatic heterocycles. The Morgan fingerprint density at radius 2 is 0.643 bits per heavy atom. The minimum absolute atomic E-state index is 1.15. The normalized spacial score (nSPS) is 11.9. The van der Waals surface area contributed by atoms with Crippen LogP contribution in [-0.4, -0.2) is 9.13 Å². The van der Waals surface area contributed by atoms with Gasteiger partial charge in [-0.25, -0.2) is 0 Å². The van der Waals surface area contributed by atoms with Crippen molar-refractivity contribution >= 4 is 75.9 Å². The molecule has 56 heavy (non-hydrogen) atoms. The average molecular weight is 711 g/mol. The van der Waals surface area contributed by atoms with Gasteiger partial charge in [0.1, 0.15) is 0 Å². The van der Waals surface area contributed by atoms with Gasteiger partial charge in [-0.2, -0.15) is 0 Å². The van der Waals surface area contributed by atoms with Crippen molar-refractivity contribution in [3.8, 4) is 33.6 Å². The van der Waals surface area contributed by atoms with E-state index in [0.29, 0.717) is 0 Å². The second-order valence-corrected chi connectivity index (χ2v) is 14.9. The fourth-order valence-electron chi connectivity index (χ4n) is 9.30. The number of benzene rings is 10. The highest BCUT2D eigenvalue weighted by atomic mass is 15.0. The molecule has 2 heteroatoms. The molecule has 0 N–H and O–H groups in total. The van der Waals surface area contributed by atoms with Crippen LogP contribution in [0.3, 0.4) is 0 Å². The van der Waals surface area contributed by atoms with Crippen LogP contribution >= 0.6 is 0 Å². The highest BCUT2D eigenvalue weighted by Gasteiger charge is 2.20. The third-order valence-electron chi connectivity index (χ3n) is 11.8. The van der Waals surface area contributed by atoms with Gasteiger partial charge in [-0.15, -0.1) is 0 Å². The van der Waals surface area contributed by atoms with Crippen LogP contribution in [0.15, 0.2) is 206 Å². The van der Waals surface area contributed by atoms with E-state index in [1.807, 2.05) is 0 Å². The van der Waals surface area contributed by atoms with E-state index in [4.69, 9.17) is 0 Å². The van der Waals surface area contributed by atoms with Crippen LogP contribution in [0.4, 0.5) is 0 Å². The molecule has 10 aromatic carbocycles. The molecule has 12 rings (SSSR count). The molecule has 0 bridgehead atoms. The lowest BCUT2D eigenvalue weighted by atomic mass is 9.98. The zero-order valence-electron chi connectivity index (χ0n) is 30.5. The molecule has 0 aliphatic carbocycles. The summed E-state index contributed by atoms with van der Waals surface area (Å²) in [6.45, 7) is 0. The molecule has 0 amide bonds.